The number of benzene rings is 1. The van der Waals surface area contributed by atoms with E-state index in [-0.39, 0.29) is 5.91 Å². The lowest BCUT2D eigenvalue weighted by Crippen LogP contribution is -2.27. The second-order valence-electron chi connectivity index (χ2n) is 3.61. The summed E-state index contributed by atoms with van der Waals surface area (Å²) in [5, 5.41) is 0. The van der Waals surface area contributed by atoms with Gasteiger partial charge in [0.2, 0.25) is 0 Å². The number of unbranched alkanes of at least 4 members (excludes halogenated alkanes) is 1. The molecular formula is C13H18N2O2. The molecule has 0 unspecified atom stereocenters. The predicted octanol–water partition coefficient (Wildman–Crippen LogP) is 1.87. The Kier molecular flexibility index (Phi) is 5.82. The summed E-state index contributed by atoms with van der Waals surface area (Å²) in [6.45, 7) is 2.86. The smallest absolute Gasteiger partial charge is 0.257 e. The van der Waals surface area contributed by atoms with Crippen molar-refractivity contribution in [3.05, 3.63) is 35.9 Å². The Morgan fingerprint density at radius 1 is 1.41 bits per heavy atom. The van der Waals surface area contributed by atoms with E-state index in [0.717, 1.165) is 30.8 Å². The van der Waals surface area contributed by atoms with Gasteiger partial charge in [0.1, 0.15) is 5.75 Å². The van der Waals surface area contributed by atoms with Crippen molar-refractivity contribution in [2.75, 3.05) is 6.61 Å². The summed E-state index contributed by atoms with van der Waals surface area (Å²) >= 11 is 0. The predicted molar refractivity (Wildman–Crippen MR) is 68.2 cm³/mol. The van der Waals surface area contributed by atoms with Crippen LogP contribution in [0.25, 0.3) is 6.08 Å². The second-order valence-corrected chi connectivity index (χ2v) is 3.61. The number of ether oxygens (including phenoxy) is 1. The van der Waals surface area contributed by atoms with Crippen LogP contribution in [0.4, 0.5) is 0 Å². The van der Waals surface area contributed by atoms with E-state index in [9.17, 15) is 4.79 Å². The topological polar surface area (TPSA) is 64.3 Å². The zero-order chi connectivity index (χ0) is 12.5. The molecule has 1 rings (SSSR count). The van der Waals surface area contributed by atoms with Crippen LogP contribution in [0.2, 0.25) is 0 Å². The fraction of sp³-hybridized carbons (Fsp3) is 0.308. The van der Waals surface area contributed by atoms with Crippen LogP contribution in [0.5, 0.6) is 5.75 Å². The average molecular weight is 234 g/mol. The molecule has 92 valence electrons. The molecule has 0 saturated carbocycles. The van der Waals surface area contributed by atoms with Gasteiger partial charge in [-0.15, -0.1) is 0 Å². The number of carbonyl (C=O) groups excluding carboxylic acids is 1. The lowest BCUT2D eigenvalue weighted by molar-refractivity contribution is -0.116. The van der Waals surface area contributed by atoms with Gasteiger partial charge in [0.25, 0.3) is 5.91 Å². The SMILES string of the molecule is CCCCOc1ccc(/C=C/C(=O)NN)cc1. The lowest BCUT2D eigenvalue weighted by Gasteiger charge is -2.04. The van der Waals surface area contributed by atoms with Crippen LogP contribution in [-0.4, -0.2) is 12.5 Å². The first-order valence-electron chi connectivity index (χ1n) is 5.67. The monoisotopic (exact) mass is 234 g/mol. The highest BCUT2D eigenvalue weighted by molar-refractivity contribution is 5.91. The maximum atomic E-state index is 10.9. The molecule has 0 aliphatic heterocycles. The van der Waals surface area contributed by atoms with Gasteiger partial charge in [-0.2, -0.15) is 0 Å². The molecule has 0 aliphatic carbocycles. The molecule has 0 radical (unpaired) electrons. The number of nitrogens with one attached hydrogen (secondary N) is 1. The Hall–Kier alpha value is -1.81. The number of rotatable bonds is 6. The minimum atomic E-state index is -0.326. The third-order valence-corrected chi connectivity index (χ3v) is 2.22. The lowest BCUT2D eigenvalue weighted by atomic mass is 10.2. The van der Waals surface area contributed by atoms with Gasteiger partial charge in [-0.25, -0.2) is 5.84 Å². The molecule has 0 aromatic heterocycles. The first-order chi connectivity index (χ1) is 8.26. The van der Waals surface area contributed by atoms with E-state index in [0.29, 0.717) is 0 Å². The van der Waals surface area contributed by atoms with Gasteiger partial charge in [-0.1, -0.05) is 25.5 Å². The molecule has 1 aromatic rings. The molecule has 17 heavy (non-hydrogen) atoms. The van der Waals surface area contributed by atoms with Gasteiger partial charge >= 0.3 is 0 Å². The summed E-state index contributed by atoms with van der Waals surface area (Å²) in [5.41, 5.74) is 2.96. The van der Waals surface area contributed by atoms with Gasteiger partial charge in [0, 0.05) is 6.08 Å². The Morgan fingerprint density at radius 3 is 2.71 bits per heavy atom. The van der Waals surface area contributed by atoms with Crippen molar-refractivity contribution < 1.29 is 9.53 Å². The minimum absolute atomic E-state index is 0.326. The molecule has 1 aromatic carbocycles. The number of nitrogens with two attached hydrogens (primary N) is 1. The van der Waals surface area contributed by atoms with Gasteiger partial charge in [0.05, 0.1) is 6.61 Å². The van der Waals surface area contributed by atoms with E-state index in [2.05, 4.69) is 6.92 Å². The Labute approximate surface area is 101 Å². The fourth-order valence-corrected chi connectivity index (χ4v) is 1.23. The van der Waals surface area contributed by atoms with Crippen molar-refractivity contribution in [2.24, 2.45) is 5.84 Å². The van der Waals surface area contributed by atoms with Crippen molar-refractivity contribution >= 4 is 12.0 Å². The van der Waals surface area contributed by atoms with E-state index in [1.807, 2.05) is 29.7 Å². The van der Waals surface area contributed by atoms with Gasteiger partial charge in [-0.05, 0) is 30.2 Å². The zero-order valence-corrected chi connectivity index (χ0v) is 9.98. The molecule has 0 heterocycles. The first-order valence-corrected chi connectivity index (χ1v) is 5.67. The number of hydrogen-bond acceptors (Lipinski definition) is 3. The third kappa shape index (κ3) is 5.17. The van der Waals surface area contributed by atoms with Crippen LogP contribution < -0.4 is 16.0 Å². The average Bonchev–Trinajstić information content (AvgIpc) is 2.37. The van der Waals surface area contributed by atoms with Crippen molar-refractivity contribution in [2.45, 2.75) is 19.8 Å². The molecule has 0 bridgehead atoms. The summed E-state index contributed by atoms with van der Waals surface area (Å²) in [7, 11) is 0. The number of hydrazine groups is 1. The Morgan fingerprint density at radius 2 is 2.12 bits per heavy atom. The summed E-state index contributed by atoms with van der Waals surface area (Å²) < 4.78 is 5.52. The van der Waals surface area contributed by atoms with Gasteiger partial charge in [-0.3, -0.25) is 10.2 Å². The molecule has 0 aliphatic rings. The van der Waals surface area contributed by atoms with E-state index in [4.69, 9.17) is 10.6 Å². The van der Waals surface area contributed by atoms with E-state index in [1.54, 1.807) is 6.08 Å². The normalized spacial score (nSPS) is 10.5. The van der Waals surface area contributed by atoms with Crippen molar-refractivity contribution in [3.63, 3.8) is 0 Å². The molecule has 4 nitrogen and oxygen atoms in total. The second kappa shape index (κ2) is 7.46. The fourth-order valence-electron chi connectivity index (χ4n) is 1.23. The van der Waals surface area contributed by atoms with Crippen LogP contribution in [-0.2, 0) is 4.79 Å². The molecule has 0 fully saturated rings. The quantitative estimate of drug-likeness (QED) is 0.260. The molecular weight excluding hydrogens is 216 g/mol. The number of hydrogen-bond donors (Lipinski definition) is 2. The van der Waals surface area contributed by atoms with Crippen molar-refractivity contribution in [3.8, 4) is 5.75 Å². The Balaban J connectivity index is 2.50. The van der Waals surface area contributed by atoms with Crippen LogP contribution >= 0.6 is 0 Å². The van der Waals surface area contributed by atoms with E-state index < -0.39 is 0 Å². The molecule has 1 amide bonds. The van der Waals surface area contributed by atoms with Crippen LogP contribution in [0.15, 0.2) is 30.3 Å². The van der Waals surface area contributed by atoms with Crippen LogP contribution in [0.3, 0.4) is 0 Å². The molecule has 0 spiro atoms. The third-order valence-electron chi connectivity index (χ3n) is 2.22. The number of carbonyl (C=O) groups is 1. The molecule has 0 saturated heterocycles. The van der Waals surface area contributed by atoms with E-state index >= 15 is 0 Å². The largest absolute Gasteiger partial charge is 0.494 e. The highest BCUT2D eigenvalue weighted by atomic mass is 16.5. The molecule has 4 heteroatoms. The van der Waals surface area contributed by atoms with Gasteiger partial charge in [0.15, 0.2) is 0 Å². The Bertz CT molecular complexity index is 372. The van der Waals surface area contributed by atoms with Crippen molar-refractivity contribution in [1.82, 2.24) is 5.43 Å². The summed E-state index contributed by atoms with van der Waals surface area (Å²) in [6, 6.07) is 7.55. The molecule has 0 atom stereocenters. The standard InChI is InChI=1S/C13H18N2O2/c1-2-3-10-17-12-7-4-11(5-8-12)6-9-13(16)15-14/h4-9H,2-3,10,14H2,1H3,(H,15,16)/b9-6+. The highest BCUT2D eigenvalue weighted by Crippen LogP contribution is 2.13. The van der Waals surface area contributed by atoms with Crippen LogP contribution in [0, 0.1) is 0 Å². The van der Waals surface area contributed by atoms with Gasteiger partial charge < -0.3 is 4.74 Å². The summed E-state index contributed by atoms with van der Waals surface area (Å²) in [5.74, 6) is 5.48. The maximum Gasteiger partial charge on any atom is 0.257 e. The minimum Gasteiger partial charge on any atom is -0.494 e. The number of amides is 1. The highest BCUT2D eigenvalue weighted by Gasteiger charge is 1.94. The molecule has 3 N–H and O–H groups in total. The van der Waals surface area contributed by atoms with Crippen molar-refractivity contribution in [1.29, 1.82) is 0 Å². The zero-order valence-electron chi connectivity index (χ0n) is 9.98. The summed E-state index contributed by atoms with van der Waals surface area (Å²) in [6.07, 6.45) is 5.25. The summed E-state index contributed by atoms with van der Waals surface area (Å²) in [4.78, 5) is 10.9. The van der Waals surface area contributed by atoms with Crippen LogP contribution in [0.1, 0.15) is 25.3 Å². The van der Waals surface area contributed by atoms with E-state index in [1.165, 1.54) is 6.08 Å². The first kappa shape index (κ1) is 13.3. The maximum absolute atomic E-state index is 10.9.